The van der Waals surface area contributed by atoms with E-state index in [2.05, 4.69) is 36.7 Å². The smallest absolute Gasteiger partial charge is 0.161 e. The normalized spacial score (nSPS) is 19.8. The number of aromatic nitrogens is 3. The molecule has 30 heavy (non-hydrogen) atoms. The first-order valence-corrected chi connectivity index (χ1v) is 11.0. The summed E-state index contributed by atoms with van der Waals surface area (Å²) in [6.07, 6.45) is 7.67. The second kappa shape index (κ2) is 10.2. The molecule has 1 unspecified atom stereocenters. The summed E-state index contributed by atoms with van der Waals surface area (Å²) in [5.41, 5.74) is 1.22. The van der Waals surface area contributed by atoms with E-state index in [1.54, 1.807) is 19.8 Å². The Morgan fingerprint density at radius 3 is 2.47 bits per heavy atom. The van der Waals surface area contributed by atoms with Crippen molar-refractivity contribution >= 4 is 0 Å². The van der Waals surface area contributed by atoms with Gasteiger partial charge in [0.2, 0.25) is 0 Å². The fourth-order valence-electron chi connectivity index (χ4n) is 4.47. The fourth-order valence-corrected chi connectivity index (χ4v) is 4.47. The Labute approximate surface area is 178 Å². The van der Waals surface area contributed by atoms with E-state index in [1.807, 2.05) is 6.07 Å². The van der Waals surface area contributed by atoms with E-state index in [0.717, 1.165) is 45.6 Å². The first-order valence-electron chi connectivity index (χ1n) is 11.0. The zero-order chi connectivity index (χ0) is 20.8. The molecule has 1 N–H and O–H groups in total. The predicted octanol–water partition coefficient (Wildman–Crippen LogP) is 1.96. The van der Waals surface area contributed by atoms with Gasteiger partial charge in [-0.15, -0.1) is 10.2 Å². The molecule has 1 atom stereocenters. The number of ether oxygens (including phenoxy) is 2. The molecule has 0 aliphatic carbocycles. The monoisotopic (exact) mass is 415 g/mol. The molecule has 0 radical (unpaired) electrons. The van der Waals surface area contributed by atoms with Crippen molar-refractivity contribution in [2.75, 3.05) is 46.4 Å². The first-order chi connectivity index (χ1) is 14.7. The molecule has 0 spiro atoms. The summed E-state index contributed by atoms with van der Waals surface area (Å²) >= 11 is 0. The van der Waals surface area contributed by atoms with E-state index in [1.165, 1.54) is 18.4 Å². The molecule has 2 aliphatic rings. The molecule has 0 amide bonds. The van der Waals surface area contributed by atoms with Gasteiger partial charge in [0.25, 0.3) is 0 Å². The van der Waals surface area contributed by atoms with Crippen LogP contribution in [0.1, 0.15) is 37.3 Å². The lowest BCUT2D eigenvalue weighted by Crippen LogP contribution is -2.41. The van der Waals surface area contributed by atoms with Crippen LogP contribution >= 0.6 is 0 Å². The summed E-state index contributed by atoms with van der Waals surface area (Å²) in [6, 6.07) is 6.56. The van der Waals surface area contributed by atoms with Gasteiger partial charge in [0.1, 0.15) is 25.4 Å². The van der Waals surface area contributed by atoms with Crippen LogP contribution in [0.4, 0.5) is 0 Å². The van der Waals surface area contributed by atoms with Gasteiger partial charge in [-0.25, -0.2) is 0 Å². The average molecular weight is 416 g/mol. The Morgan fingerprint density at radius 1 is 1.03 bits per heavy atom. The highest BCUT2D eigenvalue weighted by molar-refractivity contribution is 5.43. The molecule has 4 rings (SSSR count). The maximum absolute atomic E-state index is 10.5. The maximum atomic E-state index is 10.5. The van der Waals surface area contributed by atoms with Crippen molar-refractivity contribution in [3.63, 3.8) is 0 Å². The minimum absolute atomic E-state index is 0.259. The van der Waals surface area contributed by atoms with E-state index in [0.29, 0.717) is 24.1 Å². The van der Waals surface area contributed by atoms with Crippen molar-refractivity contribution in [2.45, 2.75) is 44.4 Å². The topological polar surface area (TPSA) is 75.9 Å². The number of likely N-dealkylation sites (tertiary alicyclic amines) is 2. The summed E-state index contributed by atoms with van der Waals surface area (Å²) < 4.78 is 13.5. The van der Waals surface area contributed by atoms with Gasteiger partial charge in [0.15, 0.2) is 11.5 Å². The molecule has 1 aromatic carbocycles. The van der Waals surface area contributed by atoms with Crippen LogP contribution in [0.15, 0.2) is 30.9 Å². The van der Waals surface area contributed by atoms with Crippen LogP contribution < -0.4 is 9.47 Å². The molecule has 164 valence electrons. The van der Waals surface area contributed by atoms with Crippen LogP contribution in [0.25, 0.3) is 0 Å². The average Bonchev–Trinajstić information content (AvgIpc) is 3.47. The van der Waals surface area contributed by atoms with Gasteiger partial charge in [0, 0.05) is 32.2 Å². The van der Waals surface area contributed by atoms with E-state index < -0.39 is 6.10 Å². The SMILES string of the molecule is COc1ccc(CN2CCCC2)cc1OCC(O)CN1CCC(n2cnnc2)CC1. The predicted molar refractivity (Wildman–Crippen MR) is 114 cm³/mol. The Balaban J connectivity index is 1.25. The first kappa shape index (κ1) is 21.1. The molecule has 2 aliphatic heterocycles. The standard InChI is InChI=1S/C22H33N5O3/c1-29-21-5-4-18(13-25-8-2-3-9-25)12-22(21)30-15-20(28)14-26-10-6-19(7-11-26)27-16-23-24-17-27/h4-5,12,16-17,19-20,28H,2-3,6-11,13-15H2,1H3. The van der Waals surface area contributed by atoms with Gasteiger partial charge in [-0.05, 0) is 56.5 Å². The molecular weight excluding hydrogens is 382 g/mol. The second-order valence-corrected chi connectivity index (χ2v) is 8.37. The Kier molecular flexibility index (Phi) is 7.20. The van der Waals surface area contributed by atoms with Gasteiger partial charge in [-0.1, -0.05) is 6.07 Å². The van der Waals surface area contributed by atoms with Crippen LogP contribution in [0.3, 0.4) is 0 Å². The number of aliphatic hydroxyl groups excluding tert-OH is 1. The number of piperidine rings is 1. The van der Waals surface area contributed by atoms with Gasteiger partial charge >= 0.3 is 0 Å². The summed E-state index contributed by atoms with van der Waals surface area (Å²) in [6.45, 7) is 6.04. The number of β-amino-alcohol motifs (C(OH)–C–C–N with tert-alkyl or cyclic N) is 1. The zero-order valence-electron chi connectivity index (χ0n) is 17.8. The molecule has 0 bridgehead atoms. The molecule has 3 heterocycles. The largest absolute Gasteiger partial charge is 0.493 e. The van der Waals surface area contributed by atoms with Gasteiger partial charge in [0.05, 0.1) is 7.11 Å². The van der Waals surface area contributed by atoms with Crippen LogP contribution in [-0.4, -0.2) is 82.2 Å². The van der Waals surface area contributed by atoms with E-state index in [9.17, 15) is 5.11 Å². The van der Waals surface area contributed by atoms with Gasteiger partial charge in [-0.2, -0.15) is 0 Å². The zero-order valence-corrected chi connectivity index (χ0v) is 17.8. The summed E-state index contributed by atoms with van der Waals surface area (Å²) in [7, 11) is 1.65. The molecule has 8 heteroatoms. The van der Waals surface area contributed by atoms with Crippen molar-refractivity contribution < 1.29 is 14.6 Å². The fraction of sp³-hybridized carbons (Fsp3) is 0.636. The number of rotatable bonds is 9. The quantitative estimate of drug-likeness (QED) is 0.671. The molecule has 2 aromatic rings. The summed E-state index contributed by atoms with van der Waals surface area (Å²) in [5, 5.41) is 18.3. The summed E-state index contributed by atoms with van der Waals surface area (Å²) in [4.78, 5) is 4.76. The van der Waals surface area contributed by atoms with Crippen LogP contribution in [0.2, 0.25) is 0 Å². The molecule has 0 saturated carbocycles. The lowest BCUT2D eigenvalue weighted by atomic mass is 10.0. The third-order valence-electron chi connectivity index (χ3n) is 6.15. The third kappa shape index (κ3) is 5.50. The van der Waals surface area contributed by atoms with Crippen molar-refractivity contribution in [2.24, 2.45) is 0 Å². The number of aliphatic hydroxyl groups is 1. The molecule has 2 fully saturated rings. The lowest BCUT2D eigenvalue weighted by Gasteiger charge is -2.33. The van der Waals surface area contributed by atoms with Gasteiger partial charge in [-0.3, -0.25) is 4.90 Å². The number of benzene rings is 1. The van der Waals surface area contributed by atoms with E-state index in [4.69, 9.17) is 9.47 Å². The Hall–Kier alpha value is -2.16. The van der Waals surface area contributed by atoms with Crippen molar-refractivity contribution in [3.05, 3.63) is 36.4 Å². The highest BCUT2D eigenvalue weighted by atomic mass is 16.5. The number of nitrogens with zero attached hydrogens (tertiary/aromatic N) is 5. The second-order valence-electron chi connectivity index (χ2n) is 8.37. The number of hydrogen-bond donors (Lipinski definition) is 1. The van der Waals surface area contributed by atoms with Crippen molar-refractivity contribution in [1.29, 1.82) is 0 Å². The van der Waals surface area contributed by atoms with Gasteiger partial charge < -0.3 is 24.0 Å². The molecule has 2 saturated heterocycles. The molecular formula is C22H33N5O3. The molecule has 8 nitrogen and oxygen atoms in total. The number of hydrogen-bond acceptors (Lipinski definition) is 7. The summed E-state index contributed by atoms with van der Waals surface area (Å²) in [5.74, 6) is 1.42. The van der Waals surface area contributed by atoms with E-state index in [-0.39, 0.29) is 6.61 Å². The highest BCUT2D eigenvalue weighted by Crippen LogP contribution is 2.29. The third-order valence-corrected chi connectivity index (χ3v) is 6.15. The van der Waals surface area contributed by atoms with Crippen LogP contribution in [0, 0.1) is 0 Å². The lowest BCUT2D eigenvalue weighted by molar-refractivity contribution is 0.0550. The Bertz CT molecular complexity index is 771. The van der Waals surface area contributed by atoms with Crippen LogP contribution in [0.5, 0.6) is 11.5 Å². The Morgan fingerprint density at radius 2 is 1.77 bits per heavy atom. The minimum atomic E-state index is -0.539. The number of methoxy groups -OCH3 is 1. The maximum Gasteiger partial charge on any atom is 0.161 e. The minimum Gasteiger partial charge on any atom is -0.493 e. The molecule has 1 aromatic heterocycles. The highest BCUT2D eigenvalue weighted by Gasteiger charge is 2.22. The van der Waals surface area contributed by atoms with E-state index >= 15 is 0 Å². The van der Waals surface area contributed by atoms with Crippen molar-refractivity contribution in [1.82, 2.24) is 24.6 Å². The van der Waals surface area contributed by atoms with Crippen LogP contribution in [-0.2, 0) is 6.54 Å². The van der Waals surface area contributed by atoms with Crippen molar-refractivity contribution in [3.8, 4) is 11.5 Å².